The lowest BCUT2D eigenvalue weighted by molar-refractivity contribution is -0.138. The number of carbonyl (C=O) groups excluding carboxylic acids is 1. The van der Waals surface area contributed by atoms with Gasteiger partial charge in [-0.2, -0.15) is 0 Å². The minimum absolute atomic E-state index is 0. The molecule has 1 amide bonds. The van der Waals surface area contributed by atoms with Crippen LogP contribution >= 0.6 is 24.0 Å². The normalized spacial score (nSPS) is 20.2. The number of hydrogen-bond donors (Lipinski definition) is 2. The summed E-state index contributed by atoms with van der Waals surface area (Å²) in [6.07, 6.45) is 8.05. The van der Waals surface area contributed by atoms with E-state index in [-0.39, 0.29) is 35.3 Å². The van der Waals surface area contributed by atoms with E-state index in [1.54, 1.807) is 11.9 Å². The number of rotatable bonds is 7. The Morgan fingerprint density at radius 3 is 2.32 bits per heavy atom. The van der Waals surface area contributed by atoms with Gasteiger partial charge < -0.3 is 20.4 Å². The van der Waals surface area contributed by atoms with Crippen molar-refractivity contribution in [2.24, 2.45) is 10.4 Å². The molecular weight excluding hydrogens is 429 g/mol. The zero-order valence-corrected chi connectivity index (χ0v) is 18.5. The van der Waals surface area contributed by atoms with Gasteiger partial charge in [0.2, 0.25) is 5.91 Å². The van der Waals surface area contributed by atoms with Gasteiger partial charge in [-0.1, -0.05) is 12.8 Å². The Morgan fingerprint density at radius 2 is 1.76 bits per heavy atom. The number of amides is 1. The predicted octanol–water partition coefficient (Wildman–Crippen LogP) is 1.90. The van der Waals surface area contributed by atoms with Gasteiger partial charge in [0.05, 0.1) is 5.41 Å². The Balaban J connectivity index is 0.00000312. The number of guanidine groups is 1. The number of nitrogens with zero attached hydrogens (tertiary/aromatic N) is 3. The number of aliphatic imine (C=N–C) groups is 1. The molecule has 0 radical (unpaired) electrons. The van der Waals surface area contributed by atoms with Crippen LogP contribution < -0.4 is 10.6 Å². The van der Waals surface area contributed by atoms with Crippen LogP contribution in [-0.2, 0) is 4.79 Å². The van der Waals surface area contributed by atoms with Gasteiger partial charge in [-0.25, -0.2) is 0 Å². The largest absolute Gasteiger partial charge is 0.356 e. The van der Waals surface area contributed by atoms with E-state index < -0.39 is 0 Å². The van der Waals surface area contributed by atoms with Crippen molar-refractivity contribution in [1.82, 2.24) is 20.4 Å². The summed E-state index contributed by atoms with van der Waals surface area (Å²) in [6.45, 7) is 5.26. The maximum absolute atomic E-state index is 12.6. The second-order valence-corrected chi connectivity index (χ2v) is 7.44. The molecule has 2 fully saturated rings. The molecule has 1 aliphatic carbocycles. The predicted molar refractivity (Wildman–Crippen MR) is 115 cm³/mol. The molecule has 0 bridgehead atoms. The summed E-state index contributed by atoms with van der Waals surface area (Å²) in [5, 5.41) is 6.78. The smallest absolute Gasteiger partial charge is 0.230 e. The first-order valence-electron chi connectivity index (χ1n) is 9.46. The van der Waals surface area contributed by atoms with Gasteiger partial charge in [0.15, 0.2) is 5.96 Å². The molecule has 0 aromatic heterocycles. The van der Waals surface area contributed by atoms with E-state index in [9.17, 15) is 4.79 Å². The molecule has 1 saturated heterocycles. The van der Waals surface area contributed by atoms with Crippen LogP contribution in [0.15, 0.2) is 4.99 Å². The summed E-state index contributed by atoms with van der Waals surface area (Å²) >= 11 is 0. The Hall–Kier alpha value is -0.570. The Morgan fingerprint density at radius 1 is 1.12 bits per heavy atom. The molecule has 25 heavy (non-hydrogen) atoms. The topological polar surface area (TPSA) is 60.0 Å². The van der Waals surface area contributed by atoms with Crippen LogP contribution in [0, 0.1) is 5.41 Å². The SMILES string of the molecule is CN=C(NCCCN1CCCC1)NCC1(C(=O)N(C)C)CCCC1.I. The van der Waals surface area contributed by atoms with E-state index in [2.05, 4.69) is 20.5 Å². The maximum atomic E-state index is 12.6. The molecule has 0 unspecified atom stereocenters. The number of likely N-dealkylation sites (tertiary alicyclic amines) is 1. The highest BCUT2D eigenvalue weighted by molar-refractivity contribution is 14.0. The Bertz CT molecular complexity index is 429. The van der Waals surface area contributed by atoms with Crippen molar-refractivity contribution in [2.45, 2.75) is 44.9 Å². The molecule has 1 saturated carbocycles. The van der Waals surface area contributed by atoms with Gasteiger partial charge in [0.1, 0.15) is 0 Å². The summed E-state index contributed by atoms with van der Waals surface area (Å²) in [6, 6.07) is 0. The van der Waals surface area contributed by atoms with E-state index in [0.717, 1.165) is 51.2 Å². The first-order chi connectivity index (χ1) is 11.6. The molecule has 2 N–H and O–H groups in total. The van der Waals surface area contributed by atoms with Crippen LogP contribution in [0.25, 0.3) is 0 Å². The number of hydrogen-bond acceptors (Lipinski definition) is 3. The van der Waals surface area contributed by atoms with Gasteiger partial charge in [-0.05, 0) is 51.7 Å². The quantitative estimate of drug-likeness (QED) is 0.261. The third-order valence-corrected chi connectivity index (χ3v) is 5.38. The first kappa shape index (κ1) is 22.5. The average Bonchev–Trinajstić information content (AvgIpc) is 3.25. The summed E-state index contributed by atoms with van der Waals surface area (Å²) in [4.78, 5) is 21.2. The second-order valence-electron chi connectivity index (χ2n) is 7.44. The molecular formula is C18H36IN5O. The molecule has 6 nitrogen and oxygen atoms in total. The fraction of sp³-hybridized carbons (Fsp3) is 0.889. The van der Waals surface area contributed by atoms with Crippen LogP contribution in [-0.4, -0.2) is 75.5 Å². The molecule has 0 aromatic rings. The zero-order valence-electron chi connectivity index (χ0n) is 16.1. The molecule has 0 aromatic carbocycles. The highest BCUT2D eigenvalue weighted by Crippen LogP contribution is 2.38. The van der Waals surface area contributed by atoms with Crippen molar-refractivity contribution in [3.05, 3.63) is 0 Å². The number of nitrogens with one attached hydrogen (secondary N) is 2. The molecule has 0 atom stereocenters. The van der Waals surface area contributed by atoms with Crippen LogP contribution in [0.2, 0.25) is 0 Å². The maximum Gasteiger partial charge on any atom is 0.230 e. The number of carbonyl (C=O) groups is 1. The third-order valence-electron chi connectivity index (χ3n) is 5.38. The lowest BCUT2D eigenvalue weighted by Crippen LogP contribution is -2.49. The van der Waals surface area contributed by atoms with Crippen LogP contribution in [0.5, 0.6) is 0 Å². The van der Waals surface area contributed by atoms with E-state index in [1.165, 1.54) is 25.9 Å². The van der Waals surface area contributed by atoms with Crippen molar-refractivity contribution in [1.29, 1.82) is 0 Å². The third kappa shape index (κ3) is 6.58. The van der Waals surface area contributed by atoms with Gasteiger partial charge in [0, 0.05) is 34.2 Å². The minimum Gasteiger partial charge on any atom is -0.356 e. The minimum atomic E-state index is -0.253. The van der Waals surface area contributed by atoms with E-state index >= 15 is 0 Å². The fourth-order valence-electron chi connectivity index (χ4n) is 3.98. The van der Waals surface area contributed by atoms with Gasteiger partial charge >= 0.3 is 0 Å². The standard InChI is InChI=1S/C18H35N5O.HI/c1-19-17(20-11-8-14-23-12-6-7-13-23)21-15-18(9-4-5-10-18)16(24)22(2)3;/h4-15H2,1-3H3,(H2,19,20,21);1H. The molecule has 146 valence electrons. The molecule has 2 rings (SSSR count). The van der Waals surface area contributed by atoms with Gasteiger partial charge in [-0.15, -0.1) is 24.0 Å². The summed E-state index contributed by atoms with van der Waals surface area (Å²) in [5.74, 6) is 1.06. The fourth-order valence-corrected chi connectivity index (χ4v) is 3.98. The van der Waals surface area contributed by atoms with E-state index in [1.807, 2.05) is 14.1 Å². The lowest BCUT2D eigenvalue weighted by atomic mass is 9.84. The number of halogens is 1. The van der Waals surface area contributed by atoms with E-state index in [4.69, 9.17) is 0 Å². The Labute approximate surface area is 170 Å². The highest BCUT2D eigenvalue weighted by Gasteiger charge is 2.42. The summed E-state index contributed by atoms with van der Waals surface area (Å²) in [5.41, 5.74) is -0.253. The van der Waals surface area contributed by atoms with Crippen LogP contribution in [0.3, 0.4) is 0 Å². The van der Waals surface area contributed by atoms with Gasteiger partial charge in [0.25, 0.3) is 0 Å². The van der Waals surface area contributed by atoms with Crippen molar-refractivity contribution in [3.8, 4) is 0 Å². The highest BCUT2D eigenvalue weighted by atomic mass is 127. The molecule has 7 heteroatoms. The molecule has 1 aliphatic heterocycles. The van der Waals surface area contributed by atoms with Crippen molar-refractivity contribution in [2.75, 3.05) is 53.9 Å². The molecule has 0 spiro atoms. The van der Waals surface area contributed by atoms with E-state index in [0.29, 0.717) is 6.54 Å². The Kier molecular flexibility index (Phi) is 10.1. The second kappa shape index (κ2) is 11.2. The van der Waals surface area contributed by atoms with Crippen molar-refractivity contribution < 1.29 is 4.79 Å². The molecule has 2 aliphatic rings. The van der Waals surface area contributed by atoms with Crippen LogP contribution in [0.1, 0.15) is 44.9 Å². The summed E-state index contributed by atoms with van der Waals surface area (Å²) < 4.78 is 0. The van der Waals surface area contributed by atoms with Crippen molar-refractivity contribution in [3.63, 3.8) is 0 Å². The average molecular weight is 465 g/mol. The molecule has 1 heterocycles. The monoisotopic (exact) mass is 465 g/mol. The zero-order chi connectivity index (χ0) is 17.4. The van der Waals surface area contributed by atoms with Crippen LogP contribution in [0.4, 0.5) is 0 Å². The van der Waals surface area contributed by atoms with Crippen molar-refractivity contribution >= 4 is 35.8 Å². The summed E-state index contributed by atoms with van der Waals surface area (Å²) in [7, 11) is 5.51. The lowest BCUT2D eigenvalue weighted by Gasteiger charge is -2.31. The first-order valence-corrected chi connectivity index (χ1v) is 9.46. The van der Waals surface area contributed by atoms with Gasteiger partial charge in [-0.3, -0.25) is 9.79 Å².